The van der Waals surface area contributed by atoms with E-state index in [1.54, 1.807) is 9.80 Å². The Hall–Kier alpha value is -3.06. The summed E-state index contributed by atoms with van der Waals surface area (Å²) in [7, 11) is 8.97. The Kier molecular flexibility index (Phi) is 25.7. The third-order valence-corrected chi connectivity index (χ3v) is 10.2. The highest BCUT2D eigenvalue weighted by Gasteiger charge is 2.19. The van der Waals surface area contributed by atoms with Gasteiger partial charge in [-0.05, 0) is 36.8 Å². The highest BCUT2D eigenvalue weighted by molar-refractivity contribution is 5.84. The van der Waals surface area contributed by atoms with Crippen LogP contribution in [0.25, 0.3) is 0 Å². The van der Waals surface area contributed by atoms with E-state index in [-0.39, 0.29) is 49.3 Å². The summed E-state index contributed by atoms with van der Waals surface area (Å²) in [6, 6.07) is 7.80. The van der Waals surface area contributed by atoms with Crippen molar-refractivity contribution in [3.8, 4) is 0 Å². The van der Waals surface area contributed by atoms with Gasteiger partial charge in [-0.1, -0.05) is 63.8 Å². The van der Waals surface area contributed by atoms with E-state index in [0.29, 0.717) is 52.4 Å². The molecule has 0 aliphatic heterocycles. The number of quaternary nitrogens is 2. The fourth-order valence-corrected chi connectivity index (χ4v) is 6.65. The van der Waals surface area contributed by atoms with E-state index < -0.39 is 0 Å². The fraction of sp³-hybridized carbons (Fsp3) is 0.762. The first kappa shape index (κ1) is 49.0. The van der Waals surface area contributed by atoms with Gasteiger partial charge in [-0.2, -0.15) is 0 Å². The van der Waals surface area contributed by atoms with Crippen molar-refractivity contribution in [3.63, 3.8) is 0 Å². The zero-order valence-corrected chi connectivity index (χ0v) is 35.3. The minimum Gasteiger partial charge on any atom is -0.356 e. The first-order chi connectivity index (χ1) is 25.8. The number of benzene rings is 1. The highest BCUT2D eigenvalue weighted by atomic mass is 16.2. The van der Waals surface area contributed by atoms with Crippen LogP contribution in [0.1, 0.15) is 115 Å². The molecule has 0 fully saturated rings. The molecule has 12 heteroatoms. The zero-order chi connectivity index (χ0) is 40.2. The number of nitrogens with one attached hydrogen (secondary N) is 2. The molecule has 0 saturated carbocycles. The van der Waals surface area contributed by atoms with Crippen molar-refractivity contribution in [1.82, 2.24) is 20.4 Å². The number of unbranched alkanes of at least 4 members (excludes halogenated alkanes) is 6. The molecule has 1 aromatic rings. The molecule has 310 valence electrons. The van der Waals surface area contributed by atoms with Crippen LogP contribution in [0.3, 0.4) is 0 Å². The van der Waals surface area contributed by atoms with E-state index in [0.717, 1.165) is 59.1 Å². The number of carbonyl (C=O) groups is 4. The second-order valence-electron chi connectivity index (χ2n) is 16.3. The zero-order valence-electron chi connectivity index (χ0n) is 35.3. The van der Waals surface area contributed by atoms with Crippen molar-refractivity contribution in [3.05, 3.63) is 35.4 Å². The lowest BCUT2D eigenvalue weighted by atomic mass is 10.1. The summed E-state index contributed by atoms with van der Waals surface area (Å²) >= 11 is 0. The molecule has 4 amide bonds. The van der Waals surface area contributed by atoms with Crippen LogP contribution in [0.5, 0.6) is 0 Å². The molecule has 0 spiro atoms. The number of nitrogens with two attached hydrogens (primary N) is 2. The Bertz CT molecular complexity index is 1100. The van der Waals surface area contributed by atoms with Gasteiger partial charge in [0.25, 0.3) is 0 Å². The average Bonchev–Trinajstić information content (AvgIpc) is 3.14. The monoisotopic (exact) mass is 761 g/mol. The largest absolute Gasteiger partial charge is 0.356 e. The molecule has 0 unspecified atom stereocenters. The molecule has 0 atom stereocenters. The molecule has 12 nitrogen and oxygen atoms in total. The average molecular weight is 761 g/mol. The highest BCUT2D eigenvalue weighted by Crippen LogP contribution is 2.13. The van der Waals surface area contributed by atoms with Gasteiger partial charge in [0.05, 0.1) is 54.4 Å². The lowest BCUT2D eigenvalue weighted by molar-refractivity contribution is -0.890. The van der Waals surface area contributed by atoms with E-state index in [4.69, 9.17) is 11.5 Å². The summed E-state index contributed by atoms with van der Waals surface area (Å²) in [6.45, 7) is 12.2. The maximum absolute atomic E-state index is 13.1. The van der Waals surface area contributed by atoms with Gasteiger partial charge in [-0.15, -0.1) is 0 Å². The molecule has 6 N–H and O–H groups in total. The van der Waals surface area contributed by atoms with E-state index in [1.165, 1.54) is 51.4 Å². The van der Waals surface area contributed by atoms with Crippen LogP contribution in [-0.4, -0.2) is 136 Å². The van der Waals surface area contributed by atoms with Gasteiger partial charge >= 0.3 is 0 Å². The number of hydrogen-bond donors (Lipinski definition) is 4. The number of rotatable bonds is 32. The predicted molar refractivity (Wildman–Crippen MR) is 221 cm³/mol. The van der Waals surface area contributed by atoms with Gasteiger partial charge in [-0.3, -0.25) is 19.2 Å². The van der Waals surface area contributed by atoms with Crippen molar-refractivity contribution < 1.29 is 28.1 Å². The summed E-state index contributed by atoms with van der Waals surface area (Å²) in [4.78, 5) is 54.6. The standard InChI is InChI=1S/C42H78N8O4/c1-7-9-11-13-31-49(3,4)33-15-27-45-39(51)21-23-41(53)47(29-25-43)35-37-17-19-38(20-18-37)36-48(30-26-44)42(54)24-22-40(52)46-28-16-34-50(5,6)32-14-12-10-8-2/h17-20H,7-16,21-36,43-44H2,1-6H3/p+2. The molecule has 1 aromatic carbocycles. The molecule has 0 saturated heterocycles. The number of hydrogen-bond acceptors (Lipinski definition) is 6. The Morgan fingerprint density at radius 3 is 1.22 bits per heavy atom. The number of nitrogens with zero attached hydrogens (tertiary/aromatic N) is 4. The summed E-state index contributed by atoms with van der Waals surface area (Å²) in [5.74, 6) is -0.412. The summed E-state index contributed by atoms with van der Waals surface area (Å²) in [5.41, 5.74) is 13.5. The van der Waals surface area contributed by atoms with Gasteiger partial charge in [-0.25, -0.2) is 0 Å². The van der Waals surface area contributed by atoms with Crippen LogP contribution in [0, 0.1) is 0 Å². The third kappa shape index (κ3) is 23.7. The molecule has 0 aliphatic carbocycles. The van der Waals surface area contributed by atoms with Gasteiger partial charge in [0, 0.05) is 90.9 Å². The Labute approximate surface area is 328 Å². The lowest BCUT2D eigenvalue weighted by Crippen LogP contribution is -2.42. The van der Waals surface area contributed by atoms with Crippen LogP contribution in [-0.2, 0) is 32.3 Å². The summed E-state index contributed by atoms with van der Waals surface area (Å²) < 4.78 is 1.91. The second kappa shape index (κ2) is 28.4. The van der Waals surface area contributed by atoms with E-state index in [1.807, 2.05) is 24.3 Å². The Morgan fingerprint density at radius 1 is 0.537 bits per heavy atom. The van der Waals surface area contributed by atoms with Gasteiger partial charge in [0.2, 0.25) is 23.6 Å². The predicted octanol–water partition coefficient (Wildman–Crippen LogP) is 4.15. The van der Waals surface area contributed by atoms with Crippen LogP contribution in [0.2, 0.25) is 0 Å². The van der Waals surface area contributed by atoms with Crippen molar-refractivity contribution in [2.24, 2.45) is 11.5 Å². The van der Waals surface area contributed by atoms with Crippen LogP contribution in [0.15, 0.2) is 24.3 Å². The molecule has 1 rings (SSSR count). The van der Waals surface area contributed by atoms with E-state index >= 15 is 0 Å². The summed E-state index contributed by atoms with van der Waals surface area (Å²) in [6.07, 6.45) is 12.4. The van der Waals surface area contributed by atoms with E-state index in [9.17, 15) is 19.2 Å². The maximum atomic E-state index is 13.1. The van der Waals surface area contributed by atoms with Crippen LogP contribution >= 0.6 is 0 Å². The molecule has 0 bridgehead atoms. The van der Waals surface area contributed by atoms with Gasteiger partial charge in [0.15, 0.2) is 0 Å². The minimum absolute atomic E-state index is 0.103. The fourth-order valence-electron chi connectivity index (χ4n) is 6.65. The molecule has 0 aromatic heterocycles. The normalized spacial score (nSPS) is 11.7. The Balaban J connectivity index is 2.50. The molecular weight excluding hydrogens is 681 g/mol. The van der Waals surface area contributed by atoms with Crippen molar-refractivity contribution in [2.45, 2.75) is 117 Å². The maximum Gasteiger partial charge on any atom is 0.223 e. The third-order valence-electron chi connectivity index (χ3n) is 10.2. The van der Waals surface area contributed by atoms with Gasteiger partial charge < -0.3 is 40.9 Å². The number of carbonyl (C=O) groups excluding carboxylic acids is 4. The van der Waals surface area contributed by atoms with E-state index in [2.05, 4.69) is 52.7 Å². The molecule has 54 heavy (non-hydrogen) atoms. The second-order valence-corrected chi connectivity index (χ2v) is 16.3. The quantitative estimate of drug-likeness (QED) is 0.0641. The first-order valence-electron chi connectivity index (χ1n) is 21.0. The van der Waals surface area contributed by atoms with Crippen LogP contribution in [0.4, 0.5) is 0 Å². The Morgan fingerprint density at radius 2 is 0.889 bits per heavy atom. The molecule has 0 radical (unpaired) electrons. The van der Waals surface area contributed by atoms with Crippen LogP contribution < -0.4 is 22.1 Å². The van der Waals surface area contributed by atoms with Crippen molar-refractivity contribution >= 4 is 23.6 Å². The smallest absolute Gasteiger partial charge is 0.223 e. The van der Waals surface area contributed by atoms with Gasteiger partial charge in [0.1, 0.15) is 0 Å². The first-order valence-corrected chi connectivity index (χ1v) is 21.0. The minimum atomic E-state index is -0.104. The molecular formula is C42H80N8O4+2. The molecule has 0 heterocycles. The SMILES string of the molecule is CCCCCC[N+](C)(C)CCCNC(=O)CCC(=O)N(CCN)Cc1ccc(CN(CCN)C(=O)CCC(=O)NCCC[N+](C)(C)CCCCCC)cc1. The summed E-state index contributed by atoms with van der Waals surface area (Å²) in [5, 5.41) is 5.96. The lowest BCUT2D eigenvalue weighted by Gasteiger charge is -2.30. The number of amides is 4. The molecule has 0 aliphatic rings. The topological polar surface area (TPSA) is 151 Å². The van der Waals surface area contributed by atoms with Crippen molar-refractivity contribution in [1.29, 1.82) is 0 Å². The van der Waals surface area contributed by atoms with Crippen molar-refractivity contribution in [2.75, 3.05) is 93.6 Å².